The van der Waals surface area contributed by atoms with Crippen molar-refractivity contribution in [3.63, 3.8) is 0 Å². The summed E-state index contributed by atoms with van der Waals surface area (Å²) in [7, 11) is -1.31. The molecule has 134 valence electrons. The van der Waals surface area contributed by atoms with Gasteiger partial charge < -0.3 is 9.88 Å². The molecule has 5 nitrogen and oxygen atoms in total. The third kappa shape index (κ3) is 2.94. The fourth-order valence-corrected chi connectivity index (χ4v) is 5.92. The maximum absolute atomic E-state index is 13.6. The monoisotopic (exact) mass is 364 g/mol. The van der Waals surface area contributed by atoms with E-state index in [2.05, 4.69) is 4.98 Å². The summed E-state index contributed by atoms with van der Waals surface area (Å²) in [6.45, 7) is 0. The second-order valence-electron chi connectivity index (χ2n) is 7.22. The van der Waals surface area contributed by atoms with E-state index in [1.54, 1.807) is 18.0 Å². The van der Waals surface area contributed by atoms with Crippen molar-refractivity contribution in [3.8, 4) is 0 Å². The number of hydrogen-bond acceptors (Lipinski definition) is 3. The van der Waals surface area contributed by atoms with Gasteiger partial charge in [-0.15, -0.1) is 0 Å². The van der Waals surface area contributed by atoms with E-state index in [0.29, 0.717) is 12.8 Å². The molecule has 1 N–H and O–H groups in total. The van der Waals surface area contributed by atoms with Crippen molar-refractivity contribution < 1.29 is 17.6 Å². The predicted octanol–water partition coefficient (Wildman–Crippen LogP) is 2.06. The first-order valence-corrected chi connectivity index (χ1v) is 10.4. The summed E-state index contributed by atoms with van der Waals surface area (Å²) in [5.41, 5.74) is 3.00. The maximum atomic E-state index is 13.6. The summed E-state index contributed by atoms with van der Waals surface area (Å²) in [6.07, 6.45) is 2.56. The molecule has 2 heterocycles. The van der Waals surface area contributed by atoms with Crippen molar-refractivity contribution in [2.24, 2.45) is 5.92 Å². The number of nitrogens with zero attached hydrogens (tertiary/aromatic N) is 1. The molecule has 0 radical (unpaired) electrons. The third-order valence-corrected chi connectivity index (χ3v) is 7.35. The molecule has 0 spiro atoms. The summed E-state index contributed by atoms with van der Waals surface area (Å²) < 4.78 is 36.9. The van der Waals surface area contributed by atoms with E-state index in [4.69, 9.17) is 0 Å². The highest BCUT2D eigenvalue weighted by Gasteiger charge is 2.36. The minimum atomic E-state index is -3.02. The van der Waals surface area contributed by atoms with Crippen LogP contribution in [-0.4, -0.2) is 48.8 Å². The van der Waals surface area contributed by atoms with Crippen LogP contribution >= 0.6 is 0 Å². The normalized spacial score (nSPS) is 25.0. The SMILES string of the molecule is CN(C(=O)C1CCc2[nH]c3ccc(F)cc3c2C1)C1CCS(=O)(=O)C1. The average Bonchev–Trinajstić information content (AvgIpc) is 3.12. The molecule has 25 heavy (non-hydrogen) atoms. The van der Waals surface area contributed by atoms with E-state index in [9.17, 15) is 17.6 Å². The van der Waals surface area contributed by atoms with Crippen LogP contribution < -0.4 is 0 Å². The number of carbonyl (C=O) groups is 1. The van der Waals surface area contributed by atoms with Crippen molar-refractivity contribution in [2.75, 3.05) is 18.6 Å². The lowest BCUT2D eigenvalue weighted by molar-refractivity contribution is -0.136. The molecule has 2 unspecified atom stereocenters. The standard InChI is InChI=1S/C18H21FN2O3S/c1-21(13-6-7-25(23,24)10-13)18(22)11-2-4-16-14(8-11)15-9-12(19)3-5-17(15)20-16/h3,5,9,11,13,20H,2,4,6-8,10H2,1H3. The van der Waals surface area contributed by atoms with E-state index in [1.807, 2.05) is 0 Å². The van der Waals surface area contributed by atoms with Crippen molar-refractivity contribution in [1.82, 2.24) is 9.88 Å². The Morgan fingerprint density at radius 2 is 2.12 bits per heavy atom. The fraction of sp³-hybridized carbons (Fsp3) is 0.500. The number of amides is 1. The number of aromatic nitrogens is 1. The first-order chi connectivity index (χ1) is 11.8. The number of fused-ring (bicyclic) bond motifs is 3. The molecule has 4 rings (SSSR count). The van der Waals surface area contributed by atoms with Crippen molar-refractivity contribution in [2.45, 2.75) is 31.7 Å². The second-order valence-corrected chi connectivity index (χ2v) is 9.45. The lowest BCUT2D eigenvalue weighted by Gasteiger charge is -2.30. The van der Waals surface area contributed by atoms with E-state index < -0.39 is 9.84 Å². The smallest absolute Gasteiger partial charge is 0.226 e. The van der Waals surface area contributed by atoms with Crippen LogP contribution in [0.4, 0.5) is 4.39 Å². The van der Waals surface area contributed by atoms with Gasteiger partial charge in [-0.25, -0.2) is 12.8 Å². The lowest BCUT2D eigenvalue weighted by Crippen LogP contribution is -2.42. The number of nitrogens with one attached hydrogen (secondary N) is 1. The third-order valence-electron chi connectivity index (χ3n) is 5.60. The Hall–Kier alpha value is -1.89. The molecule has 2 atom stereocenters. The van der Waals surface area contributed by atoms with Crippen molar-refractivity contribution in [1.29, 1.82) is 0 Å². The molecule has 1 amide bonds. The summed E-state index contributed by atoms with van der Waals surface area (Å²) in [5.74, 6) is -0.241. The predicted molar refractivity (Wildman–Crippen MR) is 93.6 cm³/mol. The molecule has 2 aliphatic rings. The number of rotatable bonds is 2. The molecule has 7 heteroatoms. The van der Waals surface area contributed by atoms with E-state index in [1.165, 1.54) is 12.1 Å². The highest BCUT2D eigenvalue weighted by molar-refractivity contribution is 7.91. The molecular formula is C18H21FN2O3S. The van der Waals surface area contributed by atoms with Crippen LogP contribution in [-0.2, 0) is 27.5 Å². The van der Waals surface area contributed by atoms with Crippen LogP contribution in [0.5, 0.6) is 0 Å². The highest BCUT2D eigenvalue weighted by Crippen LogP contribution is 2.33. The summed E-state index contributed by atoms with van der Waals surface area (Å²) in [4.78, 5) is 17.8. The number of benzene rings is 1. The van der Waals surface area contributed by atoms with Gasteiger partial charge in [-0.2, -0.15) is 0 Å². The van der Waals surface area contributed by atoms with Gasteiger partial charge in [-0.3, -0.25) is 4.79 Å². The zero-order valence-electron chi connectivity index (χ0n) is 14.1. The zero-order chi connectivity index (χ0) is 17.8. The minimum Gasteiger partial charge on any atom is -0.358 e. The van der Waals surface area contributed by atoms with Gasteiger partial charge in [-0.05, 0) is 49.4 Å². The van der Waals surface area contributed by atoms with Gasteiger partial charge in [0.2, 0.25) is 5.91 Å². The molecule has 1 aromatic carbocycles. The molecule has 1 fully saturated rings. The Bertz CT molecular complexity index is 951. The number of sulfone groups is 1. The summed E-state index contributed by atoms with van der Waals surface area (Å²) in [6, 6.07) is 4.46. The Labute approximate surface area is 146 Å². The number of aryl methyl sites for hydroxylation is 1. The van der Waals surface area contributed by atoms with Crippen molar-refractivity contribution >= 4 is 26.6 Å². The lowest BCUT2D eigenvalue weighted by atomic mass is 9.85. The van der Waals surface area contributed by atoms with Crippen LogP contribution in [0, 0.1) is 11.7 Å². The summed E-state index contributed by atoms with van der Waals surface area (Å²) >= 11 is 0. The molecule has 0 bridgehead atoms. The minimum absolute atomic E-state index is 0.00139. The van der Waals surface area contributed by atoms with Crippen molar-refractivity contribution in [3.05, 3.63) is 35.3 Å². The van der Waals surface area contributed by atoms with E-state index in [-0.39, 0.29) is 35.2 Å². The van der Waals surface area contributed by atoms with E-state index >= 15 is 0 Å². The van der Waals surface area contributed by atoms with Gasteiger partial charge in [0.15, 0.2) is 9.84 Å². The Kier molecular flexibility index (Phi) is 3.86. The largest absolute Gasteiger partial charge is 0.358 e. The number of aromatic amines is 1. The van der Waals surface area contributed by atoms with Crippen LogP contribution in [0.3, 0.4) is 0 Å². The number of halogens is 1. The van der Waals surface area contributed by atoms with E-state index in [0.717, 1.165) is 35.0 Å². The number of hydrogen-bond donors (Lipinski definition) is 1. The van der Waals surface area contributed by atoms with Gasteiger partial charge >= 0.3 is 0 Å². The summed E-state index contributed by atoms with van der Waals surface area (Å²) in [5, 5.41) is 0.846. The Morgan fingerprint density at radius 1 is 1.32 bits per heavy atom. The molecular weight excluding hydrogens is 343 g/mol. The average molecular weight is 364 g/mol. The topological polar surface area (TPSA) is 70.2 Å². The Balaban J connectivity index is 1.56. The fourth-order valence-electron chi connectivity index (χ4n) is 4.15. The first-order valence-electron chi connectivity index (χ1n) is 8.60. The van der Waals surface area contributed by atoms with Crippen LogP contribution in [0.25, 0.3) is 10.9 Å². The highest BCUT2D eigenvalue weighted by atomic mass is 32.2. The molecule has 1 aromatic heterocycles. The molecule has 1 aliphatic heterocycles. The van der Waals surface area contributed by atoms with Gasteiger partial charge in [0.25, 0.3) is 0 Å². The van der Waals surface area contributed by atoms with Gasteiger partial charge in [0, 0.05) is 35.6 Å². The Morgan fingerprint density at radius 3 is 2.84 bits per heavy atom. The van der Waals surface area contributed by atoms with Crippen LogP contribution in [0.2, 0.25) is 0 Å². The first kappa shape index (κ1) is 16.6. The number of H-pyrrole nitrogens is 1. The molecule has 2 aromatic rings. The molecule has 0 saturated carbocycles. The quantitative estimate of drug-likeness (QED) is 0.887. The van der Waals surface area contributed by atoms with Gasteiger partial charge in [-0.1, -0.05) is 0 Å². The maximum Gasteiger partial charge on any atom is 0.226 e. The van der Waals surface area contributed by atoms with Crippen LogP contribution in [0.1, 0.15) is 24.1 Å². The number of carbonyl (C=O) groups excluding carboxylic acids is 1. The zero-order valence-corrected chi connectivity index (χ0v) is 14.9. The molecule has 1 aliphatic carbocycles. The second kappa shape index (κ2) is 5.83. The van der Waals surface area contributed by atoms with Crippen LogP contribution in [0.15, 0.2) is 18.2 Å². The van der Waals surface area contributed by atoms with Gasteiger partial charge in [0.1, 0.15) is 5.82 Å². The van der Waals surface area contributed by atoms with Gasteiger partial charge in [0.05, 0.1) is 11.5 Å². The molecule has 1 saturated heterocycles.